The Morgan fingerprint density at radius 1 is 1.35 bits per heavy atom. The monoisotopic (exact) mass is 299 g/mol. The second-order valence-electron chi connectivity index (χ2n) is 5.15. The zero-order valence-corrected chi connectivity index (χ0v) is 12.5. The molecule has 0 saturated heterocycles. The lowest BCUT2D eigenvalue weighted by molar-refractivity contribution is -0.122. The molecule has 0 spiro atoms. The molecule has 0 saturated carbocycles. The number of carbonyl (C=O) groups excluding carboxylic acids is 1. The lowest BCUT2D eigenvalue weighted by Crippen LogP contribution is -2.41. The number of rotatable bonds is 6. The van der Waals surface area contributed by atoms with Crippen LogP contribution < -0.4 is 16.2 Å². The predicted molar refractivity (Wildman–Crippen MR) is 77.1 cm³/mol. The molecule has 6 nitrogen and oxygen atoms in total. The van der Waals surface area contributed by atoms with E-state index in [1.165, 1.54) is 12.1 Å². The zero-order valence-electron chi connectivity index (χ0n) is 11.7. The highest BCUT2D eigenvalue weighted by molar-refractivity contribution is 7.89. The molecule has 0 unspecified atom stereocenters. The third-order valence-corrected chi connectivity index (χ3v) is 3.67. The molecule has 1 aromatic carbocycles. The van der Waals surface area contributed by atoms with Crippen LogP contribution in [0.4, 0.5) is 0 Å². The number of nitrogens with two attached hydrogens (primary N) is 2. The summed E-state index contributed by atoms with van der Waals surface area (Å²) in [5.74, 6) is 0.0844. The summed E-state index contributed by atoms with van der Waals surface area (Å²) in [6.45, 7) is 4.19. The van der Waals surface area contributed by atoms with E-state index in [1.807, 2.05) is 13.8 Å². The van der Waals surface area contributed by atoms with Gasteiger partial charge in [0.2, 0.25) is 15.9 Å². The fourth-order valence-corrected chi connectivity index (χ4v) is 2.35. The Balaban J connectivity index is 2.64. The third kappa shape index (κ3) is 5.28. The molecule has 20 heavy (non-hydrogen) atoms. The number of primary sulfonamides is 1. The van der Waals surface area contributed by atoms with E-state index in [9.17, 15) is 13.2 Å². The number of benzene rings is 1. The Hall–Kier alpha value is -1.44. The lowest BCUT2D eigenvalue weighted by atomic mass is 10.0. The first-order chi connectivity index (χ1) is 9.20. The van der Waals surface area contributed by atoms with Crippen molar-refractivity contribution < 1.29 is 13.2 Å². The van der Waals surface area contributed by atoms with E-state index < -0.39 is 16.1 Å². The summed E-state index contributed by atoms with van der Waals surface area (Å²) in [7, 11) is -3.73. The highest BCUT2D eigenvalue weighted by Gasteiger charge is 2.15. The Morgan fingerprint density at radius 2 is 2.00 bits per heavy atom. The van der Waals surface area contributed by atoms with Gasteiger partial charge in [-0.2, -0.15) is 0 Å². The van der Waals surface area contributed by atoms with Gasteiger partial charge in [-0.15, -0.1) is 0 Å². The molecule has 1 atom stereocenters. The molecule has 0 fully saturated rings. The van der Waals surface area contributed by atoms with Crippen LogP contribution in [-0.4, -0.2) is 20.4 Å². The maximum Gasteiger partial charge on any atom is 0.238 e. The van der Waals surface area contributed by atoms with E-state index >= 15 is 0 Å². The van der Waals surface area contributed by atoms with Crippen molar-refractivity contribution in [1.29, 1.82) is 0 Å². The number of nitrogens with one attached hydrogen (secondary N) is 1. The van der Waals surface area contributed by atoms with Crippen molar-refractivity contribution in [1.82, 2.24) is 5.32 Å². The topological polar surface area (TPSA) is 115 Å². The summed E-state index contributed by atoms with van der Waals surface area (Å²) < 4.78 is 22.4. The van der Waals surface area contributed by atoms with Crippen LogP contribution in [0, 0.1) is 5.92 Å². The van der Waals surface area contributed by atoms with Crippen molar-refractivity contribution in [2.75, 3.05) is 0 Å². The minimum absolute atomic E-state index is 0.0238. The molecule has 7 heteroatoms. The smallest absolute Gasteiger partial charge is 0.238 e. The molecule has 0 heterocycles. The molecule has 0 aliphatic heterocycles. The Morgan fingerprint density at radius 3 is 2.55 bits per heavy atom. The largest absolute Gasteiger partial charge is 0.351 e. The maximum atomic E-state index is 11.8. The molecule has 0 aromatic heterocycles. The van der Waals surface area contributed by atoms with Crippen molar-refractivity contribution in [2.45, 2.75) is 37.8 Å². The molecule has 0 aliphatic carbocycles. The van der Waals surface area contributed by atoms with Crippen molar-refractivity contribution in [2.24, 2.45) is 16.8 Å². The van der Waals surface area contributed by atoms with Crippen LogP contribution in [0.3, 0.4) is 0 Å². The quantitative estimate of drug-likeness (QED) is 0.701. The van der Waals surface area contributed by atoms with Crippen LogP contribution in [0.25, 0.3) is 0 Å². The van der Waals surface area contributed by atoms with Gasteiger partial charge in [-0.05, 0) is 30.0 Å². The molecule has 0 aliphatic rings. The van der Waals surface area contributed by atoms with E-state index in [2.05, 4.69) is 5.32 Å². The van der Waals surface area contributed by atoms with Crippen LogP contribution in [0.15, 0.2) is 29.2 Å². The zero-order chi connectivity index (χ0) is 15.3. The standard InChI is InChI=1S/C13H21N3O3S/c1-9(2)6-12(14)13(17)16-8-10-4-3-5-11(7-10)20(15,18)19/h3-5,7,9,12H,6,8,14H2,1-2H3,(H,16,17)(H2,15,18,19)/t12-/m1/s1. The Labute approximate surface area is 119 Å². The summed E-state index contributed by atoms with van der Waals surface area (Å²) in [6, 6.07) is 5.57. The minimum Gasteiger partial charge on any atom is -0.351 e. The summed E-state index contributed by atoms with van der Waals surface area (Å²) >= 11 is 0. The molecular weight excluding hydrogens is 278 g/mol. The number of hydrogen-bond donors (Lipinski definition) is 3. The Bertz CT molecular complexity index is 570. The van der Waals surface area contributed by atoms with Gasteiger partial charge in [-0.1, -0.05) is 26.0 Å². The van der Waals surface area contributed by atoms with Gasteiger partial charge in [0.05, 0.1) is 10.9 Å². The normalized spacial score (nSPS) is 13.2. The van der Waals surface area contributed by atoms with Gasteiger partial charge in [0.15, 0.2) is 0 Å². The SMILES string of the molecule is CC(C)C[C@@H](N)C(=O)NCc1cccc(S(N)(=O)=O)c1. The van der Waals surface area contributed by atoms with Crippen LogP contribution in [0.5, 0.6) is 0 Å². The number of sulfonamides is 1. The molecule has 1 aromatic rings. The summed E-state index contributed by atoms with van der Waals surface area (Å²) in [4.78, 5) is 11.8. The summed E-state index contributed by atoms with van der Waals surface area (Å²) in [5.41, 5.74) is 6.41. The van der Waals surface area contributed by atoms with Gasteiger partial charge in [0, 0.05) is 6.54 Å². The van der Waals surface area contributed by atoms with Crippen molar-refractivity contribution in [3.8, 4) is 0 Å². The minimum atomic E-state index is -3.73. The highest BCUT2D eigenvalue weighted by Crippen LogP contribution is 2.10. The average molecular weight is 299 g/mol. The molecular formula is C13H21N3O3S. The summed E-state index contributed by atoms with van der Waals surface area (Å²) in [6.07, 6.45) is 0.600. The lowest BCUT2D eigenvalue weighted by Gasteiger charge is -2.14. The number of amides is 1. The molecule has 1 amide bonds. The van der Waals surface area contributed by atoms with Gasteiger partial charge in [0.1, 0.15) is 0 Å². The van der Waals surface area contributed by atoms with Gasteiger partial charge in [0.25, 0.3) is 0 Å². The molecule has 1 rings (SSSR count). The van der Waals surface area contributed by atoms with Crippen LogP contribution in [-0.2, 0) is 21.4 Å². The van der Waals surface area contributed by atoms with Gasteiger partial charge >= 0.3 is 0 Å². The third-order valence-electron chi connectivity index (χ3n) is 2.76. The van der Waals surface area contributed by atoms with E-state index in [-0.39, 0.29) is 17.3 Å². The van der Waals surface area contributed by atoms with Crippen molar-refractivity contribution >= 4 is 15.9 Å². The number of hydrogen-bond acceptors (Lipinski definition) is 4. The van der Waals surface area contributed by atoms with Crippen LogP contribution in [0.2, 0.25) is 0 Å². The predicted octanol–water partition coefficient (Wildman–Crippen LogP) is 0.324. The van der Waals surface area contributed by atoms with Gasteiger partial charge in [-0.25, -0.2) is 13.6 Å². The fourth-order valence-electron chi connectivity index (χ4n) is 1.77. The fraction of sp³-hybridized carbons (Fsp3) is 0.462. The van der Waals surface area contributed by atoms with E-state index in [0.717, 1.165) is 0 Å². The number of carbonyl (C=O) groups is 1. The molecule has 5 N–H and O–H groups in total. The van der Waals surface area contributed by atoms with E-state index in [0.29, 0.717) is 17.9 Å². The first-order valence-corrected chi connectivity index (χ1v) is 7.90. The Kier molecular flexibility index (Phi) is 5.67. The second kappa shape index (κ2) is 6.83. The van der Waals surface area contributed by atoms with Crippen LogP contribution in [0.1, 0.15) is 25.8 Å². The van der Waals surface area contributed by atoms with Crippen LogP contribution >= 0.6 is 0 Å². The molecule has 0 radical (unpaired) electrons. The van der Waals surface area contributed by atoms with Gasteiger partial charge in [-0.3, -0.25) is 4.79 Å². The average Bonchev–Trinajstić information content (AvgIpc) is 2.34. The van der Waals surface area contributed by atoms with Crippen molar-refractivity contribution in [3.63, 3.8) is 0 Å². The first kappa shape index (κ1) is 16.6. The first-order valence-electron chi connectivity index (χ1n) is 6.35. The van der Waals surface area contributed by atoms with E-state index in [1.54, 1.807) is 12.1 Å². The highest BCUT2D eigenvalue weighted by atomic mass is 32.2. The maximum absolute atomic E-state index is 11.8. The molecule has 0 bridgehead atoms. The van der Waals surface area contributed by atoms with E-state index in [4.69, 9.17) is 10.9 Å². The summed E-state index contributed by atoms with van der Waals surface area (Å²) in [5, 5.41) is 7.73. The van der Waals surface area contributed by atoms with Crippen molar-refractivity contribution in [3.05, 3.63) is 29.8 Å². The van der Waals surface area contributed by atoms with Gasteiger partial charge < -0.3 is 11.1 Å². The second-order valence-corrected chi connectivity index (χ2v) is 6.71. The molecule has 112 valence electrons.